The Morgan fingerprint density at radius 3 is 1.36 bits per heavy atom. The van der Waals surface area contributed by atoms with E-state index >= 15 is 0 Å². The van der Waals surface area contributed by atoms with Gasteiger partial charge in [-0.05, 0) is 77.0 Å². The maximum Gasteiger partial charge on any atom is 0.472 e. The molecule has 8 N–H and O–H groups in total. The van der Waals surface area contributed by atoms with Crippen LogP contribution in [0.3, 0.4) is 0 Å². The molecule has 1 saturated carbocycles. The molecule has 0 aromatic heterocycles. The number of aliphatic hydroxyl groups is 3. The summed E-state index contributed by atoms with van der Waals surface area (Å²) in [4.78, 5) is 73.2. The predicted octanol–water partition coefficient (Wildman–Crippen LogP) is 9.18. The van der Waals surface area contributed by atoms with Crippen LogP contribution < -0.4 is 0 Å². The van der Waals surface area contributed by atoms with Crippen molar-refractivity contribution in [3.8, 4) is 0 Å². The average Bonchev–Trinajstić information content (AvgIpc) is 3.28. The fraction of sp³-hybridized carbons (Fsp3) is 0.745. The molecule has 400 valence electrons. The van der Waals surface area contributed by atoms with E-state index in [1.807, 2.05) is 12.2 Å². The minimum absolute atomic E-state index is 0.00300. The Kier molecular flexibility index (Phi) is 36.2. The van der Waals surface area contributed by atoms with E-state index in [1.165, 1.54) is 57.8 Å². The van der Waals surface area contributed by atoms with E-state index in [1.54, 1.807) is 0 Å². The number of aliphatic hydroxyl groups excluding tert-OH is 3. The highest BCUT2D eigenvalue weighted by molar-refractivity contribution is 7.47. The van der Waals surface area contributed by atoms with Gasteiger partial charge < -0.3 is 49.3 Å². The van der Waals surface area contributed by atoms with Gasteiger partial charge in [-0.1, -0.05) is 139 Å². The summed E-state index contributed by atoms with van der Waals surface area (Å²) in [7, 11) is -16.6. The van der Waals surface area contributed by atoms with Crippen LogP contribution in [0.15, 0.2) is 60.8 Å². The van der Waals surface area contributed by atoms with Crippen LogP contribution in [0.1, 0.15) is 168 Å². The molecule has 19 nitrogen and oxygen atoms in total. The molecule has 0 radical (unpaired) electrons. The number of unbranched alkanes of at least 4 members (excludes halogenated alkanes) is 15. The van der Waals surface area contributed by atoms with Crippen molar-refractivity contribution < 1.29 is 90.6 Å². The normalized spacial score (nSPS) is 21.8. The third-order valence-electron chi connectivity index (χ3n) is 10.8. The summed E-state index contributed by atoms with van der Waals surface area (Å²) >= 11 is 0. The molecule has 22 heteroatoms. The van der Waals surface area contributed by atoms with Gasteiger partial charge in [0.1, 0.15) is 43.2 Å². The number of carbonyl (C=O) groups is 2. The highest BCUT2D eigenvalue weighted by Crippen LogP contribution is 2.51. The summed E-state index contributed by atoms with van der Waals surface area (Å²) in [5.41, 5.74) is 0. The Morgan fingerprint density at radius 1 is 0.464 bits per heavy atom. The van der Waals surface area contributed by atoms with Crippen LogP contribution in [0, 0.1) is 0 Å². The van der Waals surface area contributed by atoms with Gasteiger partial charge in [-0.2, -0.15) is 0 Å². The Morgan fingerprint density at radius 2 is 0.855 bits per heavy atom. The molecule has 5 unspecified atom stereocenters. The van der Waals surface area contributed by atoms with Crippen LogP contribution in [0.4, 0.5) is 0 Å². The van der Waals surface area contributed by atoms with Gasteiger partial charge in [0.2, 0.25) is 0 Å². The lowest BCUT2D eigenvalue weighted by Crippen LogP contribution is -2.65. The van der Waals surface area contributed by atoms with Gasteiger partial charge in [-0.25, -0.2) is 13.7 Å². The first-order valence-corrected chi connectivity index (χ1v) is 29.1. The lowest BCUT2D eigenvalue weighted by atomic mass is 9.85. The van der Waals surface area contributed by atoms with Crippen LogP contribution in [0.2, 0.25) is 0 Å². The predicted molar refractivity (Wildman–Crippen MR) is 261 cm³/mol. The molecular weight excluding hydrogens is 961 g/mol. The third-order valence-corrected chi connectivity index (χ3v) is 12.8. The van der Waals surface area contributed by atoms with Crippen molar-refractivity contribution >= 4 is 35.4 Å². The number of ether oxygens (including phenoxy) is 2. The number of phosphoric ester groups is 3. The zero-order valence-corrected chi connectivity index (χ0v) is 43.3. The van der Waals surface area contributed by atoms with E-state index in [2.05, 4.69) is 71.5 Å². The van der Waals surface area contributed by atoms with Crippen molar-refractivity contribution in [2.45, 2.75) is 211 Å². The number of hydrogen-bond donors (Lipinski definition) is 8. The molecule has 0 aromatic rings. The summed E-state index contributed by atoms with van der Waals surface area (Å²) in [6.45, 7) is 2.86. The highest BCUT2D eigenvalue weighted by atomic mass is 31.2. The van der Waals surface area contributed by atoms with Gasteiger partial charge in [0.05, 0.1) is 6.61 Å². The summed E-state index contributed by atoms with van der Waals surface area (Å²) < 4.78 is 65.4. The molecule has 0 spiro atoms. The Hall–Kier alpha value is -2.15. The molecule has 0 heterocycles. The van der Waals surface area contributed by atoms with Gasteiger partial charge in [-0.15, -0.1) is 0 Å². The lowest BCUT2D eigenvalue weighted by molar-refractivity contribution is -0.213. The van der Waals surface area contributed by atoms with Crippen LogP contribution in [0.5, 0.6) is 0 Å². The number of esters is 2. The monoisotopic (exact) mass is 1040 g/mol. The summed E-state index contributed by atoms with van der Waals surface area (Å²) in [5, 5.41) is 31.9. The first-order valence-electron chi connectivity index (χ1n) is 24.6. The molecule has 1 aliphatic rings. The zero-order chi connectivity index (χ0) is 51.4. The van der Waals surface area contributed by atoms with E-state index < -0.39 is 91.3 Å². The largest absolute Gasteiger partial charge is 0.472 e. The van der Waals surface area contributed by atoms with Gasteiger partial charge in [0, 0.05) is 12.8 Å². The molecule has 0 amide bonds. The van der Waals surface area contributed by atoms with Crippen molar-refractivity contribution in [2.24, 2.45) is 0 Å². The van der Waals surface area contributed by atoms with Gasteiger partial charge in [0.15, 0.2) is 6.10 Å². The van der Waals surface area contributed by atoms with E-state index in [-0.39, 0.29) is 12.8 Å². The van der Waals surface area contributed by atoms with Crippen LogP contribution in [0.25, 0.3) is 0 Å². The second kappa shape index (κ2) is 38.5. The quantitative estimate of drug-likeness (QED) is 0.0122. The average molecular weight is 1050 g/mol. The third kappa shape index (κ3) is 34.8. The highest BCUT2D eigenvalue weighted by Gasteiger charge is 2.56. The molecule has 0 saturated heterocycles. The first-order chi connectivity index (χ1) is 32.8. The van der Waals surface area contributed by atoms with Crippen LogP contribution >= 0.6 is 23.5 Å². The van der Waals surface area contributed by atoms with Crippen molar-refractivity contribution in [1.82, 2.24) is 0 Å². The number of carbonyl (C=O) groups excluding carboxylic acids is 2. The van der Waals surface area contributed by atoms with E-state index in [9.17, 15) is 63.1 Å². The minimum atomic E-state index is -5.61. The number of phosphoric acid groups is 3. The Labute approximate surface area is 409 Å². The molecular formula is C47H83O19P3. The SMILES string of the molecule is CCCCCC=CCC=CCCCCCCCC(=O)O[C@H](COC(=O)CCCC=CCC=CCC=CCCCCCCCC)COP(=O)(O)O[C@H]1C(O)C(O)C(OP(=O)(O)O)[C@@H](OP(=O)(O)O)C1O. The second-order valence-corrected chi connectivity index (χ2v) is 20.8. The van der Waals surface area contributed by atoms with E-state index in [4.69, 9.17) is 18.5 Å². The van der Waals surface area contributed by atoms with E-state index in [0.29, 0.717) is 19.3 Å². The Bertz CT molecular complexity index is 1670. The van der Waals surface area contributed by atoms with Crippen molar-refractivity contribution in [3.63, 3.8) is 0 Å². The lowest BCUT2D eigenvalue weighted by Gasteiger charge is -2.44. The maximum absolute atomic E-state index is 13.1. The fourth-order valence-corrected chi connectivity index (χ4v) is 9.19. The molecule has 1 aliphatic carbocycles. The fourth-order valence-electron chi connectivity index (χ4n) is 7.10. The first kappa shape index (κ1) is 64.9. The van der Waals surface area contributed by atoms with Gasteiger partial charge >= 0.3 is 35.4 Å². The minimum Gasteiger partial charge on any atom is -0.462 e. The second-order valence-electron chi connectivity index (χ2n) is 17.0. The van der Waals surface area contributed by atoms with Crippen molar-refractivity contribution in [1.29, 1.82) is 0 Å². The van der Waals surface area contributed by atoms with E-state index in [0.717, 1.165) is 64.2 Å². The molecule has 0 bridgehead atoms. The summed E-state index contributed by atoms with van der Waals surface area (Å²) in [5.74, 6) is -1.38. The molecule has 8 atom stereocenters. The topological polar surface area (TPSA) is 303 Å². The zero-order valence-electron chi connectivity index (χ0n) is 40.6. The molecule has 69 heavy (non-hydrogen) atoms. The number of rotatable bonds is 41. The summed E-state index contributed by atoms with van der Waals surface area (Å²) in [6.07, 6.45) is 26.7. The maximum atomic E-state index is 13.1. The Balaban J connectivity index is 2.76. The number of allylic oxidation sites excluding steroid dienone is 10. The van der Waals surface area contributed by atoms with Crippen LogP contribution in [-0.4, -0.2) is 108 Å². The summed E-state index contributed by atoms with van der Waals surface area (Å²) in [6, 6.07) is 0. The molecule has 0 aromatic carbocycles. The van der Waals surface area contributed by atoms with Gasteiger partial charge in [0.25, 0.3) is 0 Å². The van der Waals surface area contributed by atoms with Crippen LogP contribution in [-0.2, 0) is 50.9 Å². The number of hydrogen-bond acceptors (Lipinski definition) is 14. The smallest absolute Gasteiger partial charge is 0.462 e. The van der Waals surface area contributed by atoms with Gasteiger partial charge in [-0.3, -0.25) is 27.7 Å². The molecule has 1 fully saturated rings. The van der Waals surface area contributed by atoms with Crippen molar-refractivity contribution in [3.05, 3.63) is 60.8 Å². The standard InChI is InChI=1S/C47H83O19P3/c1-3-5-7-9-11-13-15-17-19-20-22-23-25-27-29-31-33-35-40(48)61-37-39(63-41(49)36-34-32-30-28-26-24-21-18-16-14-12-10-8-6-4-2)38-62-69(59,60)66-45-42(50)43(51)46(64-67(53,54)55)47(44(45)52)65-68(56,57)58/h12,14,17-19,21-23,27,29,39,42-47,50-52H,3-11,13,15-16,20,24-26,28,30-38H2,1-2H3,(H,59,60)(H2,53,54,55)(H2,56,57,58)/t39-,42?,43?,44?,45+,46?,47+/m1/s1. The molecule has 0 aliphatic heterocycles. The van der Waals surface area contributed by atoms with Crippen molar-refractivity contribution in [2.75, 3.05) is 13.2 Å². The molecule has 1 rings (SSSR count).